The van der Waals surface area contributed by atoms with Crippen molar-refractivity contribution in [2.45, 2.75) is 12.5 Å². The van der Waals surface area contributed by atoms with Crippen LogP contribution < -0.4 is 10.2 Å². The second-order valence-corrected chi connectivity index (χ2v) is 4.52. The minimum atomic E-state index is -1.10. The van der Waals surface area contributed by atoms with E-state index in [1.54, 1.807) is 31.3 Å². The number of carboxylic acid groups (broad SMARTS) is 1. The first kappa shape index (κ1) is 14.6. The van der Waals surface area contributed by atoms with E-state index in [0.717, 1.165) is 0 Å². The molecule has 0 fully saturated rings. The van der Waals surface area contributed by atoms with Crippen LogP contribution in [0.2, 0.25) is 0 Å². The van der Waals surface area contributed by atoms with E-state index in [4.69, 9.17) is 0 Å². The summed E-state index contributed by atoms with van der Waals surface area (Å²) in [7, 11) is 1.58. The molecule has 110 valence electrons. The number of para-hydroxylation sites is 1. The summed E-state index contributed by atoms with van der Waals surface area (Å²) in [6.07, 6.45) is 3.14. The molecular formula is C14H16N4O3. The van der Waals surface area contributed by atoms with Gasteiger partial charge in [-0.15, -0.1) is 0 Å². The Kier molecular flexibility index (Phi) is 4.55. The van der Waals surface area contributed by atoms with E-state index in [9.17, 15) is 14.7 Å². The average Bonchev–Trinajstić information content (AvgIpc) is 2.99. The van der Waals surface area contributed by atoms with Gasteiger partial charge in [-0.05, 0) is 12.1 Å². The molecule has 1 atom stereocenters. The summed E-state index contributed by atoms with van der Waals surface area (Å²) in [5.41, 5.74) is 1.32. The van der Waals surface area contributed by atoms with Gasteiger partial charge in [0, 0.05) is 31.0 Å². The number of carboxylic acids is 1. The third kappa shape index (κ3) is 3.82. The van der Waals surface area contributed by atoms with Crippen LogP contribution >= 0.6 is 0 Å². The highest BCUT2D eigenvalue weighted by Gasteiger charge is 2.23. The Morgan fingerprint density at radius 1 is 1.38 bits per heavy atom. The van der Waals surface area contributed by atoms with Crippen molar-refractivity contribution in [2.75, 3.05) is 11.9 Å². The van der Waals surface area contributed by atoms with E-state index in [2.05, 4.69) is 15.3 Å². The molecule has 1 aromatic carbocycles. The minimum Gasteiger partial charge on any atom is -0.480 e. The number of aromatic amines is 1. The van der Waals surface area contributed by atoms with Gasteiger partial charge in [0.05, 0.1) is 6.33 Å². The maximum atomic E-state index is 12.1. The molecule has 1 aromatic heterocycles. The Morgan fingerprint density at radius 2 is 2.10 bits per heavy atom. The molecule has 0 aliphatic heterocycles. The maximum Gasteiger partial charge on any atom is 0.326 e. The van der Waals surface area contributed by atoms with Gasteiger partial charge < -0.3 is 15.4 Å². The number of anilines is 1. The van der Waals surface area contributed by atoms with Gasteiger partial charge in [0.25, 0.3) is 0 Å². The molecule has 7 nitrogen and oxygen atoms in total. The van der Waals surface area contributed by atoms with Gasteiger partial charge in [-0.25, -0.2) is 14.6 Å². The molecule has 2 rings (SSSR count). The van der Waals surface area contributed by atoms with Crippen molar-refractivity contribution in [1.29, 1.82) is 0 Å². The first-order valence-corrected chi connectivity index (χ1v) is 6.37. The standard InChI is InChI=1S/C14H16N4O3/c1-18(11-5-3-2-4-6-11)14(21)17-12(13(19)20)7-10-8-15-9-16-10/h2-6,8-9,12H,7H2,1H3,(H,15,16)(H,17,21)(H,19,20)/t12-/m1/s1. The van der Waals surface area contributed by atoms with E-state index in [1.165, 1.54) is 17.4 Å². The SMILES string of the molecule is CN(C(=O)N[C@H](Cc1cnc[nH]1)C(=O)O)c1ccccc1. The summed E-state index contributed by atoms with van der Waals surface area (Å²) >= 11 is 0. The van der Waals surface area contributed by atoms with Gasteiger partial charge in [0.2, 0.25) is 0 Å². The summed E-state index contributed by atoms with van der Waals surface area (Å²) in [4.78, 5) is 31.4. The van der Waals surface area contributed by atoms with Crippen LogP contribution in [0.1, 0.15) is 5.69 Å². The number of imidazole rings is 1. The zero-order valence-electron chi connectivity index (χ0n) is 11.5. The fraction of sp³-hybridized carbons (Fsp3) is 0.214. The number of nitrogens with one attached hydrogen (secondary N) is 2. The maximum absolute atomic E-state index is 12.1. The lowest BCUT2D eigenvalue weighted by Crippen LogP contribution is -2.47. The molecule has 0 saturated carbocycles. The highest BCUT2D eigenvalue weighted by Crippen LogP contribution is 2.11. The predicted octanol–water partition coefficient (Wildman–Crippen LogP) is 1.25. The zero-order chi connectivity index (χ0) is 15.2. The van der Waals surface area contributed by atoms with Crippen molar-refractivity contribution in [3.05, 3.63) is 48.5 Å². The van der Waals surface area contributed by atoms with E-state index in [-0.39, 0.29) is 6.42 Å². The average molecular weight is 288 g/mol. The number of amides is 2. The third-order valence-electron chi connectivity index (χ3n) is 3.02. The van der Waals surface area contributed by atoms with E-state index < -0.39 is 18.0 Å². The van der Waals surface area contributed by atoms with Gasteiger partial charge in [-0.2, -0.15) is 0 Å². The molecule has 3 N–H and O–H groups in total. The van der Waals surface area contributed by atoms with Crippen LogP contribution in [0, 0.1) is 0 Å². The highest BCUT2D eigenvalue weighted by atomic mass is 16.4. The summed E-state index contributed by atoms with van der Waals surface area (Å²) in [6.45, 7) is 0. The molecule has 2 amide bonds. The molecule has 0 spiro atoms. The fourth-order valence-corrected chi connectivity index (χ4v) is 1.83. The number of aliphatic carboxylic acids is 1. The molecule has 2 aromatic rings. The zero-order valence-corrected chi connectivity index (χ0v) is 11.5. The molecule has 0 saturated heterocycles. The second kappa shape index (κ2) is 6.56. The number of hydrogen-bond acceptors (Lipinski definition) is 3. The van der Waals surface area contributed by atoms with Crippen LogP contribution in [0.4, 0.5) is 10.5 Å². The number of rotatable bonds is 5. The van der Waals surface area contributed by atoms with Crippen LogP contribution in [0.15, 0.2) is 42.9 Å². The molecule has 0 aliphatic carbocycles. The van der Waals surface area contributed by atoms with E-state index in [1.807, 2.05) is 6.07 Å². The largest absolute Gasteiger partial charge is 0.480 e. The lowest BCUT2D eigenvalue weighted by Gasteiger charge is -2.21. The third-order valence-corrected chi connectivity index (χ3v) is 3.02. The van der Waals surface area contributed by atoms with Gasteiger partial charge in [-0.1, -0.05) is 18.2 Å². The van der Waals surface area contributed by atoms with Crippen LogP contribution in [0.25, 0.3) is 0 Å². The predicted molar refractivity (Wildman–Crippen MR) is 77.1 cm³/mol. The number of H-pyrrole nitrogens is 1. The molecule has 0 radical (unpaired) electrons. The van der Waals surface area contributed by atoms with Crippen molar-refractivity contribution in [1.82, 2.24) is 15.3 Å². The number of aromatic nitrogens is 2. The minimum absolute atomic E-state index is 0.143. The quantitative estimate of drug-likeness (QED) is 0.771. The van der Waals surface area contributed by atoms with Crippen molar-refractivity contribution in [3.63, 3.8) is 0 Å². The number of urea groups is 1. The van der Waals surface area contributed by atoms with E-state index in [0.29, 0.717) is 11.4 Å². The molecule has 0 unspecified atom stereocenters. The van der Waals surface area contributed by atoms with Gasteiger partial charge in [-0.3, -0.25) is 4.90 Å². The number of carbonyl (C=O) groups is 2. The first-order chi connectivity index (χ1) is 10.1. The van der Waals surface area contributed by atoms with Gasteiger partial charge >= 0.3 is 12.0 Å². The molecule has 7 heteroatoms. The lowest BCUT2D eigenvalue weighted by molar-refractivity contribution is -0.139. The molecule has 0 bridgehead atoms. The van der Waals surface area contributed by atoms with Crippen molar-refractivity contribution in [3.8, 4) is 0 Å². The van der Waals surface area contributed by atoms with E-state index >= 15 is 0 Å². The Bertz CT molecular complexity index is 598. The van der Waals surface area contributed by atoms with Crippen LogP contribution in [0.5, 0.6) is 0 Å². The molecule has 0 aliphatic rings. The van der Waals surface area contributed by atoms with Crippen molar-refractivity contribution < 1.29 is 14.7 Å². The smallest absolute Gasteiger partial charge is 0.326 e. The summed E-state index contributed by atoms with van der Waals surface area (Å²) in [5.74, 6) is -1.10. The first-order valence-electron chi connectivity index (χ1n) is 6.37. The van der Waals surface area contributed by atoms with Crippen LogP contribution in [-0.4, -0.2) is 40.2 Å². The monoisotopic (exact) mass is 288 g/mol. The fourth-order valence-electron chi connectivity index (χ4n) is 1.83. The Morgan fingerprint density at radius 3 is 2.67 bits per heavy atom. The molecular weight excluding hydrogens is 272 g/mol. The van der Waals surface area contributed by atoms with Crippen molar-refractivity contribution in [2.24, 2.45) is 0 Å². The van der Waals surface area contributed by atoms with Crippen molar-refractivity contribution >= 4 is 17.7 Å². The molecule has 1 heterocycles. The number of benzene rings is 1. The lowest BCUT2D eigenvalue weighted by atomic mass is 10.1. The summed E-state index contributed by atoms with van der Waals surface area (Å²) in [5, 5.41) is 11.7. The number of hydrogen-bond donors (Lipinski definition) is 3. The number of carbonyl (C=O) groups excluding carboxylic acids is 1. The van der Waals surface area contributed by atoms with Crippen LogP contribution in [0.3, 0.4) is 0 Å². The Hall–Kier alpha value is -2.83. The summed E-state index contributed by atoms with van der Waals surface area (Å²) < 4.78 is 0. The topological polar surface area (TPSA) is 98.3 Å². The van der Waals surface area contributed by atoms with Crippen LogP contribution in [-0.2, 0) is 11.2 Å². The Labute approximate surface area is 121 Å². The molecule has 21 heavy (non-hydrogen) atoms. The normalized spacial score (nSPS) is 11.7. The second-order valence-electron chi connectivity index (χ2n) is 4.52. The summed E-state index contributed by atoms with van der Waals surface area (Å²) in [6, 6.07) is 7.48. The van der Waals surface area contributed by atoms with Gasteiger partial charge in [0.15, 0.2) is 0 Å². The highest BCUT2D eigenvalue weighted by molar-refractivity contribution is 5.94. The Balaban J connectivity index is 2.03. The van der Waals surface area contributed by atoms with Gasteiger partial charge in [0.1, 0.15) is 6.04 Å². The number of nitrogens with zero attached hydrogens (tertiary/aromatic N) is 2.